The summed E-state index contributed by atoms with van der Waals surface area (Å²) in [6, 6.07) is 19.0. The number of nitrogens with one attached hydrogen (secondary N) is 2. The van der Waals surface area contributed by atoms with E-state index in [1.165, 1.54) is 6.07 Å². The third kappa shape index (κ3) is 10.7. The molecule has 4 aromatic rings. The molecule has 376 valence electrons. The Morgan fingerprint density at radius 2 is 1.39 bits per heavy atom. The summed E-state index contributed by atoms with van der Waals surface area (Å²) in [5.41, 5.74) is 2.68. The lowest BCUT2D eigenvalue weighted by atomic mass is 9.71. The number of hydrogen-bond acceptors (Lipinski definition) is 8. The van der Waals surface area contributed by atoms with E-state index in [-0.39, 0.29) is 57.4 Å². The molecule has 14 nitrogen and oxygen atoms in total. The van der Waals surface area contributed by atoms with Gasteiger partial charge in [-0.1, -0.05) is 62.6 Å². The van der Waals surface area contributed by atoms with Crippen LogP contribution in [0.1, 0.15) is 134 Å². The van der Waals surface area contributed by atoms with Crippen molar-refractivity contribution in [2.24, 2.45) is 16.7 Å². The minimum Gasteiger partial charge on any atom is -0.342 e. The van der Waals surface area contributed by atoms with Crippen LogP contribution in [0.2, 0.25) is 0 Å². The van der Waals surface area contributed by atoms with Gasteiger partial charge in [-0.3, -0.25) is 33.7 Å². The highest BCUT2D eigenvalue weighted by Crippen LogP contribution is 2.47. The van der Waals surface area contributed by atoms with E-state index in [2.05, 4.69) is 33.4 Å². The van der Waals surface area contributed by atoms with E-state index in [4.69, 9.17) is 0 Å². The predicted molar refractivity (Wildman–Crippen MR) is 268 cm³/mol. The molecule has 71 heavy (non-hydrogen) atoms. The van der Waals surface area contributed by atoms with E-state index in [0.717, 1.165) is 115 Å². The van der Waals surface area contributed by atoms with Gasteiger partial charge >= 0.3 is 0 Å². The molecule has 0 unspecified atom stereocenters. The SMILES string of the molecule is CC1(C(=O)N2CCC(c3cccc(C(=O)N[C@@H](C(=O)N4CCC5(CCN(CC(=O)N6CCN(C(=O)c7cc(Cc8n[nH]c(=O)c9ccccc89)ccc7F)CC6)CC5)CC4)C4CCCCC4)c3)CC2)CC1. The largest absolute Gasteiger partial charge is 0.342 e. The van der Waals surface area contributed by atoms with Gasteiger partial charge in [0.1, 0.15) is 11.9 Å². The minimum absolute atomic E-state index is 0.0253. The highest BCUT2D eigenvalue weighted by atomic mass is 19.1. The van der Waals surface area contributed by atoms with Gasteiger partial charge in [0.2, 0.25) is 17.7 Å². The molecule has 10 rings (SSSR count). The number of H-pyrrole nitrogens is 1. The standard InChI is InChI=1S/C56H69FN8O6/c1-55(18-19-55)54(71)65-24-16-39(17-25-65)41-10-7-11-42(36-41)50(67)58-49(40-8-3-2-4-9-40)53(70)63-28-22-56(23-29-63)20-26-61(27-21-56)37-48(66)62-30-32-64(33-31-62)52(69)45-34-38(14-15-46(45)57)35-47-43-12-5-6-13-44(43)51(68)60-59-47/h5-7,10-15,34,36,39-40,49H,2-4,8-9,16-33,35,37H2,1H3,(H,58,67)(H,60,68)/t49-/m1/s1. The zero-order chi connectivity index (χ0) is 49.3. The predicted octanol–water partition coefficient (Wildman–Crippen LogP) is 6.53. The molecule has 0 bridgehead atoms. The second kappa shape index (κ2) is 20.6. The molecule has 4 saturated heterocycles. The van der Waals surface area contributed by atoms with Crippen LogP contribution in [-0.2, 0) is 20.8 Å². The van der Waals surface area contributed by atoms with Crippen LogP contribution in [0.15, 0.2) is 71.5 Å². The first-order valence-corrected chi connectivity index (χ1v) is 26.4. The zero-order valence-corrected chi connectivity index (χ0v) is 41.3. The number of benzene rings is 3. The number of halogens is 1. The summed E-state index contributed by atoms with van der Waals surface area (Å²) in [4.78, 5) is 90.7. The molecule has 1 spiro atoms. The normalized spacial score (nSPS) is 21.3. The van der Waals surface area contributed by atoms with E-state index in [1.807, 2.05) is 40.1 Å². The Morgan fingerprint density at radius 1 is 0.718 bits per heavy atom. The molecule has 15 heteroatoms. The van der Waals surface area contributed by atoms with Crippen LogP contribution in [0.3, 0.4) is 0 Å². The van der Waals surface area contributed by atoms with Gasteiger partial charge in [0.15, 0.2) is 0 Å². The first-order valence-electron chi connectivity index (χ1n) is 26.4. The van der Waals surface area contributed by atoms with Gasteiger partial charge in [-0.2, -0.15) is 5.10 Å². The van der Waals surface area contributed by atoms with Crippen molar-refractivity contribution in [1.82, 2.24) is 40.0 Å². The molecular formula is C56H69FN8O6. The van der Waals surface area contributed by atoms with Crippen molar-refractivity contribution >= 4 is 40.3 Å². The van der Waals surface area contributed by atoms with Crippen molar-refractivity contribution in [3.05, 3.63) is 111 Å². The second-order valence-corrected chi connectivity index (χ2v) is 21.9. The van der Waals surface area contributed by atoms with Crippen LogP contribution >= 0.6 is 0 Å². The van der Waals surface area contributed by atoms with Gasteiger partial charge in [0.05, 0.1) is 23.2 Å². The monoisotopic (exact) mass is 969 g/mol. The van der Waals surface area contributed by atoms with Gasteiger partial charge in [0, 0.05) is 75.1 Å². The number of piperazine rings is 1. The lowest BCUT2D eigenvalue weighted by Crippen LogP contribution is -2.56. The van der Waals surface area contributed by atoms with E-state index < -0.39 is 17.8 Å². The van der Waals surface area contributed by atoms with Gasteiger partial charge in [-0.15, -0.1) is 0 Å². The second-order valence-electron chi connectivity index (χ2n) is 21.9. The maximum atomic E-state index is 15.1. The Bertz CT molecular complexity index is 2700. The number of aromatic amines is 1. The highest BCUT2D eigenvalue weighted by molar-refractivity contribution is 5.98. The van der Waals surface area contributed by atoms with E-state index in [9.17, 15) is 28.8 Å². The number of likely N-dealkylation sites (tertiary alicyclic amines) is 3. The summed E-state index contributed by atoms with van der Waals surface area (Å²) in [7, 11) is 0. The Labute approximate surface area is 415 Å². The molecule has 5 heterocycles. The molecule has 2 saturated carbocycles. The number of hydrogen-bond donors (Lipinski definition) is 2. The van der Waals surface area contributed by atoms with Crippen LogP contribution in [0.5, 0.6) is 0 Å². The van der Waals surface area contributed by atoms with Gasteiger partial charge in [-0.25, -0.2) is 9.49 Å². The fraction of sp³-hybridized carbons (Fsp3) is 0.554. The number of carbonyl (C=O) groups excluding carboxylic acids is 5. The van der Waals surface area contributed by atoms with E-state index in [0.29, 0.717) is 79.8 Å². The molecule has 6 aliphatic rings. The van der Waals surface area contributed by atoms with Crippen molar-refractivity contribution in [3.8, 4) is 0 Å². The van der Waals surface area contributed by atoms with Crippen LogP contribution < -0.4 is 10.9 Å². The number of rotatable bonds is 11. The summed E-state index contributed by atoms with van der Waals surface area (Å²) in [6.45, 7) is 8.16. The van der Waals surface area contributed by atoms with E-state index >= 15 is 4.39 Å². The molecule has 5 amide bonds. The third-order valence-corrected chi connectivity index (χ3v) is 17.3. The quantitative estimate of drug-likeness (QED) is 0.172. The number of piperidine rings is 3. The molecule has 2 aliphatic carbocycles. The van der Waals surface area contributed by atoms with Gasteiger partial charge in [0.25, 0.3) is 17.4 Å². The Morgan fingerprint density at radius 3 is 2.10 bits per heavy atom. The van der Waals surface area contributed by atoms with Crippen LogP contribution in [0.25, 0.3) is 10.8 Å². The molecule has 2 N–H and O–H groups in total. The molecule has 4 aliphatic heterocycles. The summed E-state index contributed by atoms with van der Waals surface area (Å²) in [5, 5.41) is 11.3. The molecular weight excluding hydrogens is 900 g/mol. The highest BCUT2D eigenvalue weighted by Gasteiger charge is 2.48. The Hall–Kier alpha value is -5.96. The van der Waals surface area contributed by atoms with Crippen molar-refractivity contribution in [2.75, 3.05) is 72.0 Å². The molecule has 1 aromatic heterocycles. The fourth-order valence-electron chi connectivity index (χ4n) is 12.3. The molecule has 0 radical (unpaired) electrons. The number of fused-ring (bicyclic) bond motifs is 1. The maximum absolute atomic E-state index is 15.1. The van der Waals surface area contributed by atoms with Crippen molar-refractivity contribution in [3.63, 3.8) is 0 Å². The van der Waals surface area contributed by atoms with Crippen LogP contribution in [-0.4, -0.2) is 142 Å². The summed E-state index contributed by atoms with van der Waals surface area (Å²) in [5.74, 6) is -0.464. The van der Waals surface area contributed by atoms with Crippen molar-refractivity contribution in [2.45, 2.75) is 109 Å². The number of carbonyl (C=O) groups is 5. The summed E-state index contributed by atoms with van der Waals surface area (Å²) < 4.78 is 15.1. The van der Waals surface area contributed by atoms with Crippen LogP contribution in [0.4, 0.5) is 4.39 Å². The third-order valence-electron chi connectivity index (χ3n) is 17.3. The summed E-state index contributed by atoms with van der Waals surface area (Å²) in [6.07, 6.45) is 12.9. The Kier molecular flexibility index (Phi) is 14.1. The lowest BCUT2D eigenvalue weighted by molar-refractivity contribution is -0.139. The average molecular weight is 969 g/mol. The fourth-order valence-corrected chi connectivity index (χ4v) is 12.3. The van der Waals surface area contributed by atoms with Crippen molar-refractivity contribution in [1.29, 1.82) is 0 Å². The lowest BCUT2D eigenvalue weighted by Gasteiger charge is -2.47. The van der Waals surface area contributed by atoms with Gasteiger partial charge in [-0.05, 0) is 136 Å². The average Bonchev–Trinajstić information content (AvgIpc) is 4.17. The summed E-state index contributed by atoms with van der Waals surface area (Å²) >= 11 is 0. The number of aromatic nitrogens is 2. The van der Waals surface area contributed by atoms with Crippen molar-refractivity contribution < 1.29 is 28.4 Å². The molecule has 6 fully saturated rings. The van der Waals surface area contributed by atoms with E-state index in [1.54, 1.807) is 34.1 Å². The first kappa shape index (κ1) is 48.7. The minimum atomic E-state index is -0.608. The smallest absolute Gasteiger partial charge is 0.272 e. The number of amides is 5. The molecule has 3 aromatic carbocycles. The van der Waals surface area contributed by atoms with Gasteiger partial charge < -0.3 is 24.9 Å². The maximum Gasteiger partial charge on any atom is 0.272 e. The zero-order valence-electron chi connectivity index (χ0n) is 41.3. The molecule has 1 atom stereocenters. The Balaban J connectivity index is 0.683. The first-order chi connectivity index (χ1) is 34.3. The topological polar surface area (TPSA) is 159 Å². The number of nitrogens with zero attached hydrogens (tertiary/aromatic N) is 6. The van der Waals surface area contributed by atoms with Crippen LogP contribution in [0, 0.1) is 22.6 Å².